The van der Waals surface area contributed by atoms with Gasteiger partial charge in [-0.1, -0.05) is 36.8 Å². The summed E-state index contributed by atoms with van der Waals surface area (Å²) in [6, 6.07) is 11.8. The maximum absolute atomic E-state index is 10.7. The highest BCUT2D eigenvalue weighted by Gasteiger charge is 2.14. The molecule has 0 atom stereocenters. The zero-order chi connectivity index (χ0) is 24.9. The van der Waals surface area contributed by atoms with Gasteiger partial charge < -0.3 is 25.0 Å². The fraction of sp³-hybridized carbons (Fsp3) is 0.435. The van der Waals surface area contributed by atoms with Gasteiger partial charge >= 0.3 is 0 Å². The van der Waals surface area contributed by atoms with E-state index >= 15 is 0 Å². The van der Waals surface area contributed by atoms with E-state index in [0.717, 1.165) is 36.3 Å². The number of rotatable bonds is 11. The second-order valence-electron chi connectivity index (χ2n) is 7.82. The van der Waals surface area contributed by atoms with Crippen molar-refractivity contribution in [1.29, 1.82) is 0 Å². The third-order valence-electron chi connectivity index (χ3n) is 4.97. The molecule has 12 heteroatoms. The minimum absolute atomic E-state index is 0.100. The molecule has 35 heavy (non-hydrogen) atoms. The van der Waals surface area contributed by atoms with Crippen LogP contribution in [-0.2, 0) is 4.74 Å². The number of aromatic nitrogens is 1. The van der Waals surface area contributed by atoms with Crippen LogP contribution in [0.2, 0.25) is 0 Å². The lowest BCUT2D eigenvalue weighted by Gasteiger charge is -2.29. The molecule has 188 valence electrons. The molecule has 12 nitrogen and oxygen atoms in total. The molecule has 1 aliphatic rings. The summed E-state index contributed by atoms with van der Waals surface area (Å²) < 4.78 is 11.3. The van der Waals surface area contributed by atoms with Crippen LogP contribution in [0.25, 0.3) is 0 Å². The summed E-state index contributed by atoms with van der Waals surface area (Å²) in [4.78, 5) is 17.4. The summed E-state index contributed by atoms with van der Waals surface area (Å²) >= 11 is 0. The second kappa shape index (κ2) is 13.7. The number of nitrogens with zero attached hydrogens (tertiary/aromatic N) is 5. The Morgan fingerprint density at radius 2 is 2.06 bits per heavy atom. The van der Waals surface area contributed by atoms with Crippen LogP contribution < -0.4 is 25.7 Å². The second-order valence-corrected chi connectivity index (χ2v) is 7.82. The number of anilines is 2. The molecular formula is C23H32N8O4. The number of nitrogens with one attached hydrogen (secondary N) is 3. The SMILES string of the molecule is CCCN/C(=N\[N+](=O)[O-])NCCOc1cc(N2CCOCC2)cc(N/N=C/c2cccc(C)c2)n1. The van der Waals surface area contributed by atoms with Crippen molar-refractivity contribution in [1.82, 2.24) is 15.6 Å². The highest BCUT2D eigenvalue weighted by atomic mass is 16.7. The molecule has 1 fully saturated rings. The average Bonchev–Trinajstić information content (AvgIpc) is 2.85. The van der Waals surface area contributed by atoms with Gasteiger partial charge in [0.05, 0.1) is 26.0 Å². The predicted molar refractivity (Wildman–Crippen MR) is 136 cm³/mol. The van der Waals surface area contributed by atoms with E-state index in [4.69, 9.17) is 9.47 Å². The highest BCUT2D eigenvalue weighted by molar-refractivity contribution is 5.80. The van der Waals surface area contributed by atoms with Crippen molar-refractivity contribution in [3.05, 3.63) is 57.6 Å². The van der Waals surface area contributed by atoms with Crippen LogP contribution in [-0.4, -0.2) is 68.2 Å². The molecule has 0 radical (unpaired) electrons. The van der Waals surface area contributed by atoms with Crippen LogP contribution in [0.3, 0.4) is 0 Å². The molecule has 3 rings (SSSR count). The van der Waals surface area contributed by atoms with Crippen LogP contribution in [0.1, 0.15) is 24.5 Å². The fourth-order valence-electron chi connectivity index (χ4n) is 3.33. The Labute approximate surface area is 204 Å². The maximum Gasteiger partial charge on any atom is 0.268 e. The van der Waals surface area contributed by atoms with Crippen LogP contribution >= 0.6 is 0 Å². The maximum atomic E-state index is 10.7. The van der Waals surface area contributed by atoms with Crippen molar-refractivity contribution in [3.8, 4) is 5.88 Å². The zero-order valence-corrected chi connectivity index (χ0v) is 20.1. The number of hydrogen-bond donors (Lipinski definition) is 3. The van der Waals surface area contributed by atoms with Crippen LogP contribution in [0, 0.1) is 17.0 Å². The first-order valence-corrected chi connectivity index (χ1v) is 11.6. The molecule has 0 amide bonds. The number of hydrogen-bond acceptors (Lipinski definition) is 8. The topological polar surface area (TPSA) is 139 Å². The number of benzene rings is 1. The number of hydrazone groups is 2. The van der Waals surface area contributed by atoms with E-state index in [2.05, 4.69) is 36.1 Å². The lowest BCUT2D eigenvalue weighted by Crippen LogP contribution is -2.40. The number of nitro groups is 1. The van der Waals surface area contributed by atoms with Gasteiger partial charge in [-0.3, -0.25) is 5.43 Å². The molecular weight excluding hydrogens is 452 g/mol. The lowest BCUT2D eigenvalue weighted by atomic mass is 10.2. The monoisotopic (exact) mass is 484 g/mol. The molecule has 0 spiro atoms. The van der Waals surface area contributed by atoms with E-state index < -0.39 is 5.03 Å². The first-order chi connectivity index (χ1) is 17.0. The summed E-state index contributed by atoms with van der Waals surface area (Å²) in [5, 5.41) is 23.4. The van der Waals surface area contributed by atoms with Crippen molar-refractivity contribution >= 4 is 23.7 Å². The summed E-state index contributed by atoms with van der Waals surface area (Å²) in [5.74, 6) is 1.06. The first-order valence-electron chi connectivity index (χ1n) is 11.6. The van der Waals surface area contributed by atoms with E-state index in [9.17, 15) is 10.1 Å². The van der Waals surface area contributed by atoms with Gasteiger partial charge in [-0.15, -0.1) is 0 Å². The van der Waals surface area contributed by atoms with Gasteiger partial charge in [-0.25, -0.2) is 10.1 Å². The van der Waals surface area contributed by atoms with Gasteiger partial charge in [0.2, 0.25) is 5.88 Å². The van der Waals surface area contributed by atoms with Gasteiger partial charge in [0.15, 0.2) is 10.9 Å². The molecule has 1 aromatic carbocycles. The van der Waals surface area contributed by atoms with Gasteiger partial charge in [-0.05, 0) is 18.9 Å². The minimum atomic E-state index is -0.742. The summed E-state index contributed by atoms with van der Waals surface area (Å²) in [5.41, 5.74) is 6.07. The summed E-state index contributed by atoms with van der Waals surface area (Å²) in [6.07, 6.45) is 2.55. The molecule has 0 unspecified atom stereocenters. The van der Waals surface area contributed by atoms with Gasteiger partial charge in [0.25, 0.3) is 5.96 Å². The van der Waals surface area contributed by atoms with E-state index in [-0.39, 0.29) is 12.6 Å². The summed E-state index contributed by atoms with van der Waals surface area (Å²) in [6.45, 7) is 7.94. The molecule has 3 N–H and O–H groups in total. The number of ether oxygens (including phenoxy) is 2. The van der Waals surface area contributed by atoms with E-state index in [1.807, 2.05) is 50.2 Å². The molecule has 1 aliphatic heterocycles. The van der Waals surface area contributed by atoms with E-state index in [1.165, 1.54) is 0 Å². The molecule has 0 saturated carbocycles. The predicted octanol–water partition coefficient (Wildman–Crippen LogP) is 2.19. The van der Waals surface area contributed by atoms with Crippen LogP contribution in [0.4, 0.5) is 11.5 Å². The van der Waals surface area contributed by atoms with Crippen molar-refractivity contribution in [2.75, 3.05) is 56.3 Å². The third kappa shape index (κ3) is 9.08. The van der Waals surface area contributed by atoms with Crippen LogP contribution in [0.15, 0.2) is 46.6 Å². The highest BCUT2D eigenvalue weighted by Crippen LogP contribution is 2.24. The molecule has 2 aromatic rings. The Balaban J connectivity index is 1.65. The largest absolute Gasteiger partial charge is 0.476 e. The average molecular weight is 485 g/mol. The number of pyridine rings is 1. The number of morpholine rings is 1. The van der Waals surface area contributed by atoms with E-state index in [1.54, 1.807) is 6.21 Å². The standard InChI is InChI=1S/C23H32N8O4/c1-3-7-24-23(29-31(32)33)25-8-11-35-22-16-20(30-9-12-34-13-10-30)15-21(27-22)28-26-17-19-6-4-5-18(2)14-19/h4-6,14-17H,3,7-13H2,1-2H3,(H,27,28)(H2,24,25,29)/b26-17+. The van der Waals surface area contributed by atoms with Gasteiger partial charge in [-0.2, -0.15) is 10.1 Å². The number of guanidine groups is 1. The molecule has 0 bridgehead atoms. The number of aryl methyl sites for hydroxylation is 1. The van der Waals surface area contributed by atoms with Gasteiger partial charge in [0.1, 0.15) is 11.7 Å². The Bertz CT molecular complexity index is 1020. The van der Waals surface area contributed by atoms with E-state index in [0.29, 0.717) is 38.0 Å². The Morgan fingerprint density at radius 3 is 2.80 bits per heavy atom. The lowest BCUT2D eigenvalue weighted by molar-refractivity contribution is -0.485. The summed E-state index contributed by atoms with van der Waals surface area (Å²) in [7, 11) is 0. The van der Waals surface area contributed by atoms with Crippen molar-refractivity contribution in [3.63, 3.8) is 0 Å². The molecule has 1 aromatic heterocycles. The fourth-order valence-corrected chi connectivity index (χ4v) is 3.33. The van der Waals surface area contributed by atoms with Crippen molar-refractivity contribution in [2.45, 2.75) is 20.3 Å². The normalized spacial score (nSPS) is 14.1. The molecule has 2 heterocycles. The van der Waals surface area contributed by atoms with Crippen molar-refractivity contribution < 1.29 is 14.5 Å². The van der Waals surface area contributed by atoms with Gasteiger partial charge in [0, 0.05) is 37.5 Å². The molecule has 0 aliphatic carbocycles. The Hall–Kier alpha value is -3.93. The first kappa shape index (κ1) is 25.7. The minimum Gasteiger partial charge on any atom is -0.476 e. The van der Waals surface area contributed by atoms with Crippen LogP contribution in [0.5, 0.6) is 5.88 Å². The third-order valence-corrected chi connectivity index (χ3v) is 4.97. The Kier molecular flexibility index (Phi) is 10.1. The zero-order valence-electron chi connectivity index (χ0n) is 20.1. The molecule has 1 saturated heterocycles. The quantitative estimate of drug-likeness (QED) is 0.144. The Morgan fingerprint density at radius 1 is 1.26 bits per heavy atom. The van der Waals surface area contributed by atoms with Crippen molar-refractivity contribution in [2.24, 2.45) is 10.2 Å². The smallest absolute Gasteiger partial charge is 0.268 e.